The molecule has 0 saturated carbocycles. The average Bonchev–Trinajstić information content (AvgIpc) is 1.85. The van der Waals surface area contributed by atoms with E-state index in [0.717, 1.165) is 0 Å². The molecule has 3 heterocycles. The molecule has 0 radical (unpaired) electrons. The standard InChI is InChI=1S/C4H3NO2/c6-4-2-1-3(5-2)7-4/h1-2,5H. The zero-order valence-electron chi connectivity index (χ0n) is 3.47. The lowest BCUT2D eigenvalue weighted by molar-refractivity contribution is -0.134. The van der Waals surface area contributed by atoms with Crippen LogP contribution in [0.5, 0.6) is 0 Å². The maximum absolute atomic E-state index is 10.3. The highest BCUT2D eigenvalue weighted by Gasteiger charge is 2.37. The summed E-state index contributed by atoms with van der Waals surface area (Å²) < 4.78 is 4.55. The van der Waals surface area contributed by atoms with Gasteiger partial charge in [0.25, 0.3) is 0 Å². The van der Waals surface area contributed by atoms with Crippen molar-refractivity contribution in [3.8, 4) is 0 Å². The first-order valence-corrected chi connectivity index (χ1v) is 2.06. The number of esters is 1. The molecule has 3 aliphatic rings. The Balaban J connectivity index is 2.42. The molecule has 0 aromatic heterocycles. The summed E-state index contributed by atoms with van der Waals surface area (Å²) in [5.41, 5.74) is 0. The minimum Gasteiger partial charge on any atom is -0.408 e. The van der Waals surface area contributed by atoms with Gasteiger partial charge in [0.15, 0.2) is 11.9 Å². The van der Waals surface area contributed by atoms with Gasteiger partial charge in [0.1, 0.15) is 0 Å². The Morgan fingerprint density at radius 3 is 2.71 bits per heavy atom. The zero-order chi connectivity index (χ0) is 4.85. The summed E-state index contributed by atoms with van der Waals surface area (Å²) >= 11 is 0. The molecule has 0 aromatic rings. The Labute approximate surface area is 40.0 Å². The Hall–Kier alpha value is -0.990. The van der Waals surface area contributed by atoms with E-state index in [-0.39, 0.29) is 12.0 Å². The van der Waals surface area contributed by atoms with Crippen LogP contribution in [0.15, 0.2) is 12.0 Å². The molecule has 2 bridgehead atoms. The summed E-state index contributed by atoms with van der Waals surface area (Å²) in [6.07, 6.45) is 1.75. The Bertz CT molecular complexity index is 161. The summed E-state index contributed by atoms with van der Waals surface area (Å²) in [7, 11) is 0. The number of hydrogen-bond acceptors (Lipinski definition) is 3. The van der Waals surface area contributed by atoms with E-state index in [9.17, 15) is 4.79 Å². The van der Waals surface area contributed by atoms with Gasteiger partial charge in [-0.15, -0.1) is 0 Å². The topological polar surface area (TPSA) is 38.3 Å². The molecule has 3 nitrogen and oxygen atoms in total. The van der Waals surface area contributed by atoms with E-state index in [4.69, 9.17) is 0 Å². The number of ether oxygens (including phenoxy) is 1. The second-order valence-corrected chi connectivity index (χ2v) is 1.57. The number of carbonyl (C=O) groups is 1. The summed E-state index contributed by atoms with van der Waals surface area (Å²) in [4.78, 5) is 10.3. The molecule has 0 amide bonds. The molecule has 3 heteroatoms. The van der Waals surface area contributed by atoms with Gasteiger partial charge in [-0.2, -0.15) is 0 Å². The van der Waals surface area contributed by atoms with Crippen LogP contribution in [0.4, 0.5) is 0 Å². The third-order valence-corrected chi connectivity index (χ3v) is 1.08. The minimum absolute atomic E-state index is 0.116. The van der Waals surface area contributed by atoms with Gasteiger partial charge < -0.3 is 10.1 Å². The van der Waals surface area contributed by atoms with Gasteiger partial charge in [-0.05, 0) is 0 Å². The van der Waals surface area contributed by atoms with Crippen molar-refractivity contribution in [2.45, 2.75) is 6.04 Å². The highest BCUT2D eigenvalue weighted by Crippen LogP contribution is 2.19. The molecular formula is C4H3NO2. The molecule has 0 aliphatic carbocycles. The zero-order valence-corrected chi connectivity index (χ0v) is 3.47. The summed E-state index contributed by atoms with van der Waals surface area (Å²) in [5, 5.41) is 2.76. The number of hydrogen-bond donors (Lipinski definition) is 1. The lowest BCUT2D eigenvalue weighted by Crippen LogP contribution is -2.31. The molecule has 1 N–H and O–H groups in total. The fraction of sp³-hybridized carbons (Fsp3) is 0.250. The minimum atomic E-state index is -0.171. The van der Waals surface area contributed by atoms with E-state index < -0.39 is 0 Å². The number of carbonyl (C=O) groups excluding carboxylic acids is 1. The number of nitrogens with one attached hydrogen (secondary N) is 1. The van der Waals surface area contributed by atoms with Gasteiger partial charge in [-0.3, -0.25) is 0 Å². The lowest BCUT2D eigenvalue weighted by Gasteiger charge is -2.05. The fourth-order valence-electron chi connectivity index (χ4n) is 0.660. The molecule has 3 aliphatic heterocycles. The molecule has 0 spiro atoms. The van der Waals surface area contributed by atoms with Crippen molar-refractivity contribution >= 4 is 5.97 Å². The molecule has 0 aromatic carbocycles. The molecule has 36 valence electrons. The smallest absolute Gasteiger partial charge is 0.339 e. The molecule has 1 saturated heterocycles. The first kappa shape index (κ1) is 3.07. The van der Waals surface area contributed by atoms with Crippen LogP contribution in [-0.2, 0) is 9.53 Å². The lowest BCUT2D eigenvalue weighted by atomic mass is 10.2. The molecule has 1 atom stereocenters. The van der Waals surface area contributed by atoms with Gasteiger partial charge >= 0.3 is 5.97 Å². The van der Waals surface area contributed by atoms with Gasteiger partial charge in [0, 0.05) is 6.08 Å². The quantitative estimate of drug-likeness (QED) is 0.408. The van der Waals surface area contributed by atoms with Crippen LogP contribution >= 0.6 is 0 Å². The third kappa shape index (κ3) is 0.201. The predicted octanol–water partition coefficient (Wildman–Crippen LogP) is -0.644. The van der Waals surface area contributed by atoms with Crippen LogP contribution in [0.3, 0.4) is 0 Å². The van der Waals surface area contributed by atoms with Crippen LogP contribution in [0.2, 0.25) is 0 Å². The Morgan fingerprint density at radius 2 is 2.57 bits per heavy atom. The molecule has 3 rings (SSSR count). The van der Waals surface area contributed by atoms with Gasteiger partial charge in [-0.1, -0.05) is 0 Å². The van der Waals surface area contributed by atoms with Crippen LogP contribution in [-0.4, -0.2) is 12.0 Å². The van der Waals surface area contributed by atoms with Crippen molar-refractivity contribution in [1.29, 1.82) is 0 Å². The first-order chi connectivity index (χ1) is 3.36. The molecular weight excluding hydrogens is 94.0 g/mol. The highest BCUT2D eigenvalue weighted by atomic mass is 16.6. The second kappa shape index (κ2) is 0.665. The maximum Gasteiger partial charge on any atom is 0.339 e. The maximum atomic E-state index is 10.3. The SMILES string of the molecule is O=C1OC2=CC1N2. The van der Waals surface area contributed by atoms with Gasteiger partial charge in [-0.25, -0.2) is 4.79 Å². The third-order valence-electron chi connectivity index (χ3n) is 1.08. The van der Waals surface area contributed by atoms with Crippen molar-refractivity contribution in [2.75, 3.05) is 0 Å². The highest BCUT2D eigenvalue weighted by molar-refractivity contribution is 5.85. The van der Waals surface area contributed by atoms with Crippen molar-refractivity contribution in [2.24, 2.45) is 0 Å². The van der Waals surface area contributed by atoms with Crippen LogP contribution in [0.1, 0.15) is 0 Å². The van der Waals surface area contributed by atoms with E-state index in [1.54, 1.807) is 6.08 Å². The monoisotopic (exact) mass is 97.0 g/mol. The summed E-state index contributed by atoms with van der Waals surface area (Å²) in [5.74, 6) is 0.449. The summed E-state index contributed by atoms with van der Waals surface area (Å²) in [6.45, 7) is 0. The van der Waals surface area contributed by atoms with E-state index in [1.165, 1.54) is 0 Å². The van der Waals surface area contributed by atoms with Crippen LogP contribution in [0.25, 0.3) is 0 Å². The number of rotatable bonds is 0. The number of fused-ring (bicyclic) bond motifs is 1. The molecule has 1 unspecified atom stereocenters. The fourth-order valence-corrected chi connectivity index (χ4v) is 0.660. The first-order valence-electron chi connectivity index (χ1n) is 2.06. The van der Waals surface area contributed by atoms with E-state index in [0.29, 0.717) is 5.88 Å². The van der Waals surface area contributed by atoms with E-state index >= 15 is 0 Å². The normalized spacial score (nSPS) is 32.9. The van der Waals surface area contributed by atoms with Crippen molar-refractivity contribution in [1.82, 2.24) is 5.32 Å². The van der Waals surface area contributed by atoms with Gasteiger partial charge in [0.2, 0.25) is 0 Å². The van der Waals surface area contributed by atoms with Crippen molar-refractivity contribution < 1.29 is 9.53 Å². The second-order valence-electron chi connectivity index (χ2n) is 1.57. The molecule has 7 heavy (non-hydrogen) atoms. The van der Waals surface area contributed by atoms with Crippen LogP contribution < -0.4 is 5.32 Å². The average molecular weight is 97.1 g/mol. The molecule has 1 fully saturated rings. The summed E-state index contributed by atoms with van der Waals surface area (Å²) in [6, 6.07) is -0.116. The Morgan fingerprint density at radius 1 is 1.86 bits per heavy atom. The van der Waals surface area contributed by atoms with Crippen molar-refractivity contribution in [3.05, 3.63) is 12.0 Å². The van der Waals surface area contributed by atoms with E-state index in [2.05, 4.69) is 10.1 Å². The van der Waals surface area contributed by atoms with Gasteiger partial charge in [0.05, 0.1) is 0 Å². The van der Waals surface area contributed by atoms with Crippen molar-refractivity contribution in [3.63, 3.8) is 0 Å². The largest absolute Gasteiger partial charge is 0.408 e. The predicted molar refractivity (Wildman–Crippen MR) is 21.1 cm³/mol. The van der Waals surface area contributed by atoms with E-state index in [1.807, 2.05) is 0 Å². The van der Waals surface area contributed by atoms with Crippen LogP contribution in [0, 0.1) is 0 Å². The Kier molecular flexibility index (Phi) is 0.291.